The van der Waals surface area contributed by atoms with E-state index < -0.39 is 0 Å². The first-order valence-corrected chi connectivity index (χ1v) is 8.62. The first-order valence-electron chi connectivity index (χ1n) is 8.24. The number of hydrogen-bond acceptors (Lipinski definition) is 2. The van der Waals surface area contributed by atoms with E-state index in [4.69, 9.17) is 18.0 Å². The van der Waals surface area contributed by atoms with Crippen LogP contribution in [0, 0.1) is 18.3 Å². The summed E-state index contributed by atoms with van der Waals surface area (Å²) in [4.78, 5) is 26.5. The molecule has 2 amide bonds. The largest absolute Gasteiger partial charge is 0.350 e. The van der Waals surface area contributed by atoms with Crippen molar-refractivity contribution in [2.75, 3.05) is 6.54 Å². The number of carbonyl (C=O) groups is 2. The van der Waals surface area contributed by atoms with Gasteiger partial charge >= 0.3 is 0 Å². The van der Waals surface area contributed by atoms with Crippen molar-refractivity contribution in [3.8, 4) is 12.3 Å². The van der Waals surface area contributed by atoms with Crippen molar-refractivity contribution in [1.82, 2.24) is 10.2 Å². The van der Waals surface area contributed by atoms with E-state index in [0.717, 1.165) is 12.0 Å². The summed E-state index contributed by atoms with van der Waals surface area (Å²) >= 11 is 6.18. The highest BCUT2D eigenvalue weighted by atomic mass is 35.5. The number of nitrogens with zero attached hydrogens (tertiary/aromatic N) is 1. The SMILES string of the molecule is C#Cc1ccc(CNC(=O)C2CCCN2C(=O)CC(C)C)c(Cl)c1. The van der Waals surface area contributed by atoms with Gasteiger partial charge in [-0.15, -0.1) is 6.42 Å². The zero-order valence-electron chi connectivity index (χ0n) is 14.1. The average molecular weight is 347 g/mol. The van der Waals surface area contributed by atoms with E-state index >= 15 is 0 Å². The molecular formula is C19H23ClN2O2. The Kier molecular flexibility index (Phi) is 6.28. The van der Waals surface area contributed by atoms with Crippen molar-refractivity contribution >= 4 is 23.4 Å². The number of nitrogens with one attached hydrogen (secondary N) is 1. The molecule has 1 aromatic carbocycles. The molecular weight excluding hydrogens is 324 g/mol. The molecule has 1 aliphatic heterocycles. The minimum atomic E-state index is -0.375. The van der Waals surface area contributed by atoms with Gasteiger partial charge in [-0.05, 0) is 36.5 Å². The number of rotatable bonds is 5. The number of likely N-dealkylation sites (tertiary alicyclic amines) is 1. The number of benzene rings is 1. The van der Waals surface area contributed by atoms with Crippen LogP contribution in [-0.4, -0.2) is 29.3 Å². The van der Waals surface area contributed by atoms with Crippen molar-refractivity contribution in [3.63, 3.8) is 0 Å². The predicted molar refractivity (Wildman–Crippen MR) is 95.4 cm³/mol. The maximum Gasteiger partial charge on any atom is 0.243 e. The molecule has 1 heterocycles. The van der Waals surface area contributed by atoms with Gasteiger partial charge in [0, 0.05) is 30.1 Å². The minimum absolute atomic E-state index is 0.0547. The molecule has 1 atom stereocenters. The van der Waals surface area contributed by atoms with Gasteiger partial charge in [0.2, 0.25) is 11.8 Å². The minimum Gasteiger partial charge on any atom is -0.350 e. The second-order valence-electron chi connectivity index (χ2n) is 6.51. The first-order chi connectivity index (χ1) is 11.4. The number of hydrogen-bond donors (Lipinski definition) is 1. The normalized spacial score (nSPS) is 17.0. The molecule has 0 saturated carbocycles. The lowest BCUT2D eigenvalue weighted by Crippen LogP contribution is -2.46. The summed E-state index contributed by atoms with van der Waals surface area (Å²) in [5.74, 6) is 2.74. The monoisotopic (exact) mass is 346 g/mol. The van der Waals surface area contributed by atoms with Crippen LogP contribution in [0.1, 0.15) is 44.2 Å². The van der Waals surface area contributed by atoms with Gasteiger partial charge in [-0.3, -0.25) is 9.59 Å². The van der Waals surface area contributed by atoms with E-state index in [1.54, 1.807) is 17.0 Å². The van der Waals surface area contributed by atoms with Crippen molar-refractivity contribution in [1.29, 1.82) is 0 Å². The van der Waals surface area contributed by atoms with Gasteiger partial charge in [-0.1, -0.05) is 37.4 Å². The number of terminal acetylenes is 1. The van der Waals surface area contributed by atoms with Crippen LogP contribution in [0.3, 0.4) is 0 Å². The van der Waals surface area contributed by atoms with E-state index in [1.807, 2.05) is 19.9 Å². The van der Waals surface area contributed by atoms with Crippen molar-refractivity contribution in [2.45, 2.75) is 45.7 Å². The molecule has 1 N–H and O–H groups in total. The van der Waals surface area contributed by atoms with Crippen LogP contribution in [-0.2, 0) is 16.1 Å². The van der Waals surface area contributed by atoms with Gasteiger partial charge in [0.05, 0.1) is 0 Å². The van der Waals surface area contributed by atoms with Crippen molar-refractivity contribution in [3.05, 3.63) is 34.3 Å². The van der Waals surface area contributed by atoms with Crippen molar-refractivity contribution < 1.29 is 9.59 Å². The zero-order valence-corrected chi connectivity index (χ0v) is 14.9. The highest BCUT2D eigenvalue weighted by molar-refractivity contribution is 6.31. The summed E-state index contributed by atoms with van der Waals surface area (Å²) in [5.41, 5.74) is 1.51. The summed E-state index contributed by atoms with van der Waals surface area (Å²) < 4.78 is 0. The van der Waals surface area contributed by atoms with Crippen LogP contribution < -0.4 is 5.32 Å². The van der Waals surface area contributed by atoms with Gasteiger partial charge < -0.3 is 10.2 Å². The topological polar surface area (TPSA) is 49.4 Å². The molecule has 1 saturated heterocycles. The quantitative estimate of drug-likeness (QED) is 0.833. The fourth-order valence-corrected chi connectivity index (χ4v) is 3.13. The van der Waals surface area contributed by atoms with Crippen LogP contribution in [0.4, 0.5) is 0 Å². The standard InChI is InChI=1S/C19H23ClN2O2/c1-4-14-7-8-15(16(20)11-14)12-21-19(24)17-6-5-9-22(17)18(23)10-13(2)3/h1,7-8,11,13,17H,5-6,9-10,12H2,2-3H3,(H,21,24). The number of carbonyl (C=O) groups excluding carboxylic acids is 2. The summed E-state index contributed by atoms with van der Waals surface area (Å²) in [5, 5.41) is 3.42. The van der Waals surface area contributed by atoms with E-state index in [9.17, 15) is 9.59 Å². The van der Waals surface area contributed by atoms with Crippen LogP contribution in [0.5, 0.6) is 0 Å². The number of halogens is 1. The molecule has 5 heteroatoms. The zero-order chi connectivity index (χ0) is 17.7. The fourth-order valence-electron chi connectivity index (χ4n) is 2.88. The molecule has 128 valence electrons. The highest BCUT2D eigenvalue weighted by Crippen LogP contribution is 2.21. The molecule has 2 rings (SSSR count). The highest BCUT2D eigenvalue weighted by Gasteiger charge is 2.33. The molecule has 1 fully saturated rings. The lowest BCUT2D eigenvalue weighted by molar-refractivity contribution is -0.139. The van der Waals surface area contributed by atoms with Gasteiger partial charge in [0.25, 0.3) is 0 Å². The molecule has 1 aromatic rings. The van der Waals surface area contributed by atoms with Crippen LogP contribution in [0.2, 0.25) is 5.02 Å². The van der Waals surface area contributed by atoms with Gasteiger partial charge in [0.15, 0.2) is 0 Å². The Hall–Kier alpha value is -1.99. The van der Waals surface area contributed by atoms with Crippen LogP contribution in [0.25, 0.3) is 0 Å². The fraction of sp³-hybridized carbons (Fsp3) is 0.474. The second kappa shape index (κ2) is 8.21. The third-order valence-corrected chi connectivity index (χ3v) is 4.48. The molecule has 0 radical (unpaired) electrons. The molecule has 0 bridgehead atoms. The Labute approximate surface area is 148 Å². The molecule has 1 unspecified atom stereocenters. The lowest BCUT2D eigenvalue weighted by atomic mass is 10.1. The molecule has 0 aromatic heterocycles. The smallest absolute Gasteiger partial charge is 0.243 e. The lowest BCUT2D eigenvalue weighted by Gasteiger charge is -2.24. The Balaban J connectivity index is 1.96. The maximum absolute atomic E-state index is 12.5. The summed E-state index contributed by atoms with van der Waals surface area (Å²) in [6.45, 7) is 4.99. The first kappa shape index (κ1) is 18.4. The molecule has 1 aliphatic rings. The summed E-state index contributed by atoms with van der Waals surface area (Å²) in [6.07, 6.45) is 7.38. The van der Waals surface area contributed by atoms with E-state index in [0.29, 0.717) is 36.5 Å². The summed E-state index contributed by atoms with van der Waals surface area (Å²) in [7, 11) is 0. The summed E-state index contributed by atoms with van der Waals surface area (Å²) in [6, 6.07) is 4.94. The Morgan fingerprint density at radius 1 is 1.46 bits per heavy atom. The molecule has 24 heavy (non-hydrogen) atoms. The van der Waals surface area contributed by atoms with Crippen LogP contribution in [0.15, 0.2) is 18.2 Å². The molecule has 4 nitrogen and oxygen atoms in total. The van der Waals surface area contributed by atoms with Crippen LogP contribution >= 0.6 is 11.6 Å². The van der Waals surface area contributed by atoms with Gasteiger partial charge in [-0.25, -0.2) is 0 Å². The van der Waals surface area contributed by atoms with Gasteiger partial charge in [-0.2, -0.15) is 0 Å². The third-order valence-electron chi connectivity index (χ3n) is 4.13. The molecule has 0 aliphatic carbocycles. The Bertz CT molecular complexity index is 664. The predicted octanol–water partition coefficient (Wildman–Crippen LogP) is 2.97. The third kappa shape index (κ3) is 4.52. The average Bonchev–Trinajstić information content (AvgIpc) is 3.02. The van der Waals surface area contributed by atoms with E-state index in [-0.39, 0.29) is 23.8 Å². The second-order valence-corrected chi connectivity index (χ2v) is 6.92. The van der Waals surface area contributed by atoms with Crippen molar-refractivity contribution in [2.24, 2.45) is 5.92 Å². The van der Waals surface area contributed by atoms with E-state index in [1.165, 1.54) is 0 Å². The Morgan fingerprint density at radius 3 is 2.83 bits per heavy atom. The van der Waals surface area contributed by atoms with E-state index in [2.05, 4.69) is 11.2 Å². The Morgan fingerprint density at radius 2 is 2.21 bits per heavy atom. The maximum atomic E-state index is 12.5. The number of amides is 2. The molecule has 0 spiro atoms. The van der Waals surface area contributed by atoms with Gasteiger partial charge in [0.1, 0.15) is 6.04 Å².